The van der Waals surface area contributed by atoms with Gasteiger partial charge in [-0.1, -0.05) is 6.07 Å². The van der Waals surface area contributed by atoms with Crippen LogP contribution in [0.25, 0.3) is 10.8 Å². The normalized spacial score (nSPS) is 10.8. The molecule has 0 atom stereocenters. The third-order valence-electron chi connectivity index (χ3n) is 3.84. The van der Waals surface area contributed by atoms with Crippen molar-refractivity contribution in [2.45, 2.75) is 27.7 Å². The molecule has 6 nitrogen and oxygen atoms in total. The number of carbonyl (C=O) groups is 2. The molecule has 26 heavy (non-hydrogen) atoms. The first-order valence-electron chi connectivity index (χ1n) is 8.02. The zero-order valence-corrected chi connectivity index (χ0v) is 16.5. The quantitative estimate of drug-likeness (QED) is 0.632. The van der Waals surface area contributed by atoms with Crippen LogP contribution < -0.4 is 5.32 Å². The lowest BCUT2D eigenvalue weighted by molar-refractivity contribution is 0.0527. The van der Waals surface area contributed by atoms with E-state index in [1.165, 1.54) is 22.7 Å². The average Bonchev–Trinajstić information content (AvgIpc) is 3.28. The molecule has 1 amide bonds. The zero-order chi connectivity index (χ0) is 18.8. The molecule has 3 rings (SSSR count). The second-order valence-electron chi connectivity index (χ2n) is 5.56. The van der Waals surface area contributed by atoms with E-state index < -0.39 is 11.9 Å². The van der Waals surface area contributed by atoms with E-state index in [1.54, 1.807) is 13.8 Å². The number of hydrogen-bond acceptors (Lipinski definition) is 7. The molecule has 0 saturated carbocycles. The fourth-order valence-corrected chi connectivity index (χ4v) is 4.13. The molecular formula is C18H18N2O4S2. The first-order valence-corrected chi connectivity index (χ1v) is 9.71. The predicted molar refractivity (Wildman–Crippen MR) is 102 cm³/mol. The zero-order valence-electron chi connectivity index (χ0n) is 14.8. The summed E-state index contributed by atoms with van der Waals surface area (Å²) in [5, 5.41) is 5.16. The summed E-state index contributed by atoms with van der Waals surface area (Å²) in [5.41, 5.74) is 1.40. The highest BCUT2D eigenvalue weighted by Crippen LogP contribution is 2.34. The smallest absolute Gasteiger partial charge is 0.341 e. The molecule has 0 bridgehead atoms. The van der Waals surface area contributed by atoms with Crippen LogP contribution in [0, 0.1) is 20.8 Å². The van der Waals surface area contributed by atoms with Gasteiger partial charge in [0.05, 0.1) is 17.0 Å². The van der Waals surface area contributed by atoms with E-state index in [0.717, 1.165) is 15.3 Å². The molecule has 3 aromatic heterocycles. The molecule has 1 N–H and O–H groups in total. The lowest BCUT2D eigenvalue weighted by atomic mass is 10.1. The van der Waals surface area contributed by atoms with Gasteiger partial charge in [0.25, 0.3) is 5.91 Å². The topological polar surface area (TPSA) is 81.4 Å². The first-order chi connectivity index (χ1) is 12.4. The Labute approximate surface area is 158 Å². The lowest BCUT2D eigenvalue weighted by Gasteiger charge is -2.06. The number of amides is 1. The molecule has 3 heterocycles. The molecule has 0 aliphatic heterocycles. The molecule has 0 aromatic carbocycles. The van der Waals surface area contributed by atoms with Crippen molar-refractivity contribution in [2.75, 3.05) is 11.9 Å². The van der Waals surface area contributed by atoms with Gasteiger partial charge in [0.1, 0.15) is 10.8 Å². The number of carbonyl (C=O) groups excluding carboxylic acids is 2. The van der Waals surface area contributed by atoms with E-state index >= 15 is 0 Å². The van der Waals surface area contributed by atoms with E-state index in [1.807, 2.05) is 31.4 Å². The van der Waals surface area contributed by atoms with Crippen molar-refractivity contribution in [2.24, 2.45) is 0 Å². The Morgan fingerprint density at radius 3 is 2.73 bits per heavy atom. The molecule has 0 spiro atoms. The van der Waals surface area contributed by atoms with Crippen LogP contribution in [-0.2, 0) is 4.74 Å². The van der Waals surface area contributed by atoms with Crippen molar-refractivity contribution < 1.29 is 18.7 Å². The Morgan fingerprint density at radius 2 is 2.08 bits per heavy atom. The standard InChI is InChI=1S/C18H18N2O4S2/c1-5-23-18(22)13-9(2)11(4)26-17(13)20-15(21)14-10(3)24-16(19-14)12-7-6-8-25-12/h6-8H,5H2,1-4H3,(H,20,21). The predicted octanol–water partition coefficient (Wildman–Crippen LogP) is 4.82. The molecule has 0 unspecified atom stereocenters. The summed E-state index contributed by atoms with van der Waals surface area (Å²) in [7, 11) is 0. The third-order valence-corrected chi connectivity index (χ3v) is 5.82. The number of rotatable bonds is 5. The van der Waals surface area contributed by atoms with Crippen molar-refractivity contribution in [1.82, 2.24) is 4.98 Å². The van der Waals surface area contributed by atoms with Crippen molar-refractivity contribution in [3.63, 3.8) is 0 Å². The first kappa shape index (κ1) is 18.3. The van der Waals surface area contributed by atoms with Crippen LogP contribution in [0.5, 0.6) is 0 Å². The molecule has 0 saturated heterocycles. The summed E-state index contributed by atoms with van der Waals surface area (Å²) in [6.07, 6.45) is 0. The van der Waals surface area contributed by atoms with Crippen LogP contribution in [-0.4, -0.2) is 23.5 Å². The number of ether oxygens (including phenoxy) is 1. The molecule has 8 heteroatoms. The second-order valence-corrected chi connectivity index (χ2v) is 7.74. The maximum Gasteiger partial charge on any atom is 0.341 e. The summed E-state index contributed by atoms with van der Waals surface area (Å²) in [6, 6.07) is 3.77. The number of hydrogen-bond donors (Lipinski definition) is 1. The number of nitrogens with one attached hydrogen (secondary N) is 1. The van der Waals surface area contributed by atoms with E-state index in [9.17, 15) is 9.59 Å². The van der Waals surface area contributed by atoms with Gasteiger partial charge in [-0.3, -0.25) is 4.79 Å². The summed E-state index contributed by atoms with van der Waals surface area (Å²) >= 11 is 2.82. The Hall–Kier alpha value is -2.45. The second kappa shape index (κ2) is 7.43. The SMILES string of the molecule is CCOC(=O)c1c(NC(=O)c2nc(-c3cccs3)oc2C)sc(C)c1C. The van der Waals surface area contributed by atoms with Gasteiger partial charge in [-0.25, -0.2) is 9.78 Å². The van der Waals surface area contributed by atoms with Gasteiger partial charge in [0, 0.05) is 4.88 Å². The van der Waals surface area contributed by atoms with Gasteiger partial charge >= 0.3 is 5.97 Å². The summed E-state index contributed by atoms with van der Waals surface area (Å²) < 4.78 is 10.7. The highest BCUT2D eigenvalue weighted by atomic mass is 32.1. The fraction of sp³-hybridized carbons (Fsp3) is 0.278. The van der Waals surface area contributed by atoms with E-state index in [0.29, 0.717) is 22.2 Å². The minimum atomic E-state index is -0.444. The molecule has 0 aliphatic carbocycles. The molecule has 0 aliphatic rings. The van der Waals surface area contributed by atoms with Crippen molar-refractivity contribution in [3.05, 3.63) is 45.0 Å². The van der Waals surface area contributed by atoms with E-state index in [2.05, 4.69) is 10.3 Å². The minimum absolute atomic E-state index is 0.201. The molecule has 3 aromatic rings. The van der Waals surface area contributed by atoms with Gasteiger partial charge < -0.3 is 14.5 Å². The van der Waals surface area contributed by atoms with E-state index in [-0.39, 0.29) is 12.3 Å². The molecular weight excluding hydrogens is 372 g/mol. The number of nitrogens with zero attached hydrogens (tertiary/aromatic N) is 1. The van der Waals surface area contributed by atoms with Crippen LogP contribution >= 0.6 is 22.7 Å². The molecule has 0 fully saturated rings. The highest BCUT2D eigenvalue weighted by molar-refractivity contribution is 7.16. The Balaban J connectivity index is 1.89. The number of thiophene rings is 2. The number of aromatic nitrogens is 1. The summed E-state index contributed by atoms with van der Waals surface area (Å²) in [4.78, 5) is 31.0. The highest BCUT2D eigenvalue weighted by Gasteiger charge is 2.25. The monoisotopic (exact) mass is 390 g/mol. The minimum Gasteiger partial charge on any atom is -0.462 e. The van der Waals surface area contributed by atoms with Crippen LogP contribution in [0.1, 0.15) is 44.0 Å². The number of oxazole rings is 1. The Morgan fingerprint density at radius 1 is 1.31 bits per heavy atom. The fourth-order valence-electron chi connectivity index (χ4n) is 2.44. The molecule has 0 radical (unpaired) electrons. The number of anilines is 1. The van der Waals surface area contributed by atoms with Crippen LogP contribution in [0.4, 0.5) is 5.00 Å². The summed E-state index contributed by atoms with van der Waals surface area (Å²) in [5.74, 6) is -0.0259. The van der Waals surface area contributed by atoms with Crippen LogP contribution in [0.15, 0.2) is 21.9 Å². The van der Waals surface area contributed by atoms with Gasteiger partial charge in [-0.05, 0) is 44.7 Å². The average molecular weight is 390 g/mol. The molecule has 136 valence electrons. The number of esters is 1. The summed E-state index contributed by atoms with van der Waals surface area (Å²) in [6.45, 7) is 7.44. The third kappa shape index (κ3) is 3.42. The maximum atomic E-state index is 12.7. The van der Waals surface area contributed by atoms with Crippen LogP contribution in [0.3, 0.4) is 0 Å². The van der Waals surface area contributed by atoms with Gasteiger partial charge in [-0.15, -0.1) is 22.7 Å². The Kier molecular flexibility index (Phi) is 5.24. The van der Waals surface area contributed by atoms with Crippen molar-refractivity contribution in [3.8, 4) is 10.8 Å². The van der Waals surface area contributed by atoms with Crippen LogP contribution in [0.2, 0.25) is 0 Å². The maximum absolute atomic E-state index is 12.7. The van der Waals surface area contributed by atoms with Gasteiger partial charge in [0.2, 0.25) is 5.89 Å². The van der Waals surface area contributed by atoms with Gasteiger partial charge in [0.15, 0.2) is 5.69 Å². The van der Waals surface area contributed by atoms with E-state index in [4.69, 9.17) is 9.15 Å². The largest absolute Gasteiger partial charge is 0.462 e. The number of aryl methyl sites for hydroxylation is 2. The Bertz CT molecular complexity index is 954. The lowest BCUT2D eigenvalue weighted by Crippen LogP contribution is -2.16. The van der Waals surface area contributed by atoms with Crippen molar-refractivity contribution >= 4 is 39.6 Å². The van der Waals surface area contributed by atoms with Crippen molar-refractivity contribution in [1.29, 1.82) is 0 Å². The van der Waals surface area contributed by atoms with Gasteiger partial charge in [-0.2, -0.15) is 0 Å².